The molecule has 0 radical (unpaired) electrons. The number of hydrogen-bond acceptors (Lipinski definition) is 6. The minimum absolute atomic E-state index is 0.00508. The first kappa shape index (κ1) is 19.0. The van der Waals surface area contributed by atoms with Crippen molar-refractivity contribution in [2.24, 2.45) is 0 Å². The molecule has 2 rings (SSSR count). The van der Waals surface area contributed by atoms with Gasteiger partial charge in [0.05, 0.1) is 26.2 Å². The third-order valence-corrected chi connectivity index (χ3v) is 3.48. The van der Waals surface area contributed by atoms with E-state index in [4.69, 9.17) is 9.47 Å². The van der Waals surface area contributed by atoms with E-state index in [1.807, 2.05) is 0 Å². The molecule has 0 aliphatic rings. The van der Waals surface area contributed by atoms with Gasteiger partial charge >= 0.3 is 11.9 Å². The van der Waals surface area contributed by atoms with Crippen molar-refractivity contribution in [2.45, 2.75) is 6.42 Å². The third-order valence-electron chi connectivity index (χ3n) is 3.48. The molecule has 1 N–H and O–H groups in total. The highest BCUT2D eigenvalue weighted by atomic mass is 16.5. The van der Waals surface area contributed by atoms with E-state index in [-0.39, 0.29) is 6.42 Å². The van der Waals surface area contributed by atoms with Crippen molar-refractivity contribution >= 4 is 23.5 Å². The van der Waals surface area contributed by atoms with Crippen molar-refractivity contribution in [1.29, 1.82) is 0 Å². The molecule has 136 valence electrons. The summed E-state index contributed by atoms with van der Waals surface area (Å²) in [6, 6.07) is 13.2. The Balaban J connectivity index is 1.82. The maximum atomic E-state index is 11.9. The number of amides is 1. The van der Waals surface area contributed by atoms with E-state index in [0.29, 0.717) is 22.6 Å². The SMILES string of the molecule is COC(=O)c1ccc(NC(=O)COC(=O)Cc2ccccc2OC)cc1. The maximum Gasteiger partial charge on any atom is 0.337 e. The lowest BCUT2D eigenvalue weighted by Crippen LogP contribution is -2.21. The number of para-hydroxylation sites is 1. The van der Waals surface area contributed by atoms with Gasteiger partial charge in [0.1, 0.15) is 5.75 Å². The van der Waals surface area contributed by atoms with Crippen molar-refractivity contribution in [3.63, 3.8) is 0 Å². The van der Waals surface area contributed by atoms with Gasteiger partial charge in [-0.05, 0) is 30.3 Å². The third kappa shape index (κ3) is 5.34. The summed E-state index contributed by atoms with van der Waals surface area (Å²) in [6.45, 7) is -0.410. The molecule has 0 aliphatic heterocycles. The van der Waals surface area contributed by atoms with Crippen molar-refractivity contribution in [3.05, 3.63) is 59.7 Å². The minimum Gasteiger partial charge on any atom is -0.496 e. The Kier molecular flexibility index (Phi) is 6.73. The second kappa shape index (κ2) is 9.22. The summed E-state index contributed by atoms with van der Waals surface area (Å²) in [5.41, 5.74) is 1.52. The van der Waals surface area contributed by atoms with Crippen molar-refractivity contribution in [1.82, 2.24) is 0 Å². The predicted octanol–water partition coefficient (Wildman–Crippen LogP) is 2.21. The standard InChI is InChI=1S/C19H19NO6/c1-24-16-6-4-3-5-14(16)11-18(22)26-12-17(21)20-15-9-7-13(8-10-15)19(23)25-2/h3-10H,11-12H2,1-2H3,(H,20,21). The normalized spacial score (nSPS) is 9.92. The largest absolute Gasteiger partial charge is 0.496 e. The van der Waals surface area contributed by atoms with Crippen LogP contribution in [-0.2, 0) is 25.5 Å². The average Bonchev–Trinajstić information content (AvgIpc) is 2.67. The number of ether oxygens (including phenoxy) is 3. The van der Waals surface area contributed by atoms with Gasteiger partial charge in [0.2, 0.25) is 0 Å². The number of carbonyl (C=O) groups excluding carboxylic acids is 3. The Labute approximate surface area is 150 Å². The van der Waals surface area contributed by atoms with Crippen LogP contribution in [0.25, 0.3) is 0 Å². The highest BCUT2D eigenvalue weighted by Gasteiger charge is 2.12. The molecule has 0 aromatic heterocycles. The summed E-state index contributed by atoms with van der Waals surface area (Å²) < 4.78 is 14.7. The van der Waals surface area contributed by atoms with Gasteiger partial charge in [0.25, 0.3) is 5.91 Å². The van der Waals surface area contributed by atoms with E-state index in [2.05, 4.69) is 10.1 Å². The van der Waals surface area contributed by atoms with E-state index in [9.17, 15) is 14.4 Å². The van der Waals surface area contributed by atoms with Crippen LogP contribution in [0.15, 0.2) is 48.5 Å². The first-order valence-corrected chi connectivity index (χ1v) is 7.79. The van der Waals surface area contributed by atoms with Crippen molar-refractivity contribution in [2.75, 3.05) is 26.1 Å². The molecule has 0 aliphatic carbocycles. The van der Waals surface area contributed by atoms with Gasteiger partial charge < -0.3 is 19.5 Å². The molecule has 0 atom stereocenters. The second-order valence-corrected chi connectivity index (χ2v) is 5.27. The van der Waals surface area contributed by atoms with Crippen LogP contribution >= 0.6 is 0 Å². The van der Waals surface area contributed by atoms with Gasteiger partial charge in [-0.1, -0.05) is 18.2 Å². The number of carbonyl (C=O) groups is 3. The van der Waals surface area contributed by atoms with Crippen molar-refractivity contribution in [3.8, 4) is 5.75 Å². The lowest BCUT2D eigenvalue weighted by atomic mass is 10.1. The van der Waals surface area contributed by atoms with Crippen LogP contribution in [0.5, 0.6) is 5.75 Å². The summed E-state index contributed by atoms with van der Waals surface area (Å²) in [7, 11) is 2.81. The Morgan fingerprint density at radius 3 is 2.31 bits per heavy atom. The highest BCUT2D eigenvalue weighted by molar-refractivity contribution is 5.94. The molecule has 2 aromatic carbocycles. The fourth-order valence-corrected chi connectivity index (χ4v) is 2.21. The zero-order valence-electron chi connectivity index (χ0n) is 14.5. The molecule has 2 aromatic rings. The van der Waals surface area contributed by atoms with Gasteiger partial charge in [-0.3, -0.25) is 9.59 Å². The second-order valence-electron chi connectivity index (χ2n) is 5.27. The van der Waals surface area contributed by atoms with Crippen molar-refractivity contribution < 1.29 is 28.6 Å². The van der Waals surface area contributed by atoms with Gasteiger partial charge in [-0.2, -0.15) is 0 Å². The quantitative estimate of drug-likeness (QED) is 0.764. The van der Waals surface area contributed by atoms with Gasteiger partial charge in [-0.25, -0.2) is 4.79 Å². The molecular formula is C19H19NO6. The zero-order valence-corrected chi connectivity index (χ0v) is 14.5. The molecule has 0 saturated heterocycles. The van der Waals surface area contributed by atoms with Crippen LogP contribution < -0.4 is 10.1 Å². The van der Waals surface area contributed by atoms with Crippen LogP contribution in [-0.4, -0.2) is 38.7 Å². The number of rotatable bonds is 7. The lowest BCUT2D eigenvalue weighted by Gasteiger charge is -2.09. The molecule has 26 heavy (non-hydrogen) atoms. The molecule has 7 nitrogen and oxygen atoms in total. The summed E-state index contributed by atoms with van der Waals surface area (Å²) in [4.78, 5) is 35.1. The van der Waals surface area contributed by atoms with Crippen LogP contribution in [0.4, 0.5) is 5.69 Å². The average molecular weight is 357 g/mol. The Bertz CT molecular complexity index is 785. The number of esters is 2. The minimum atomic E-state index is -0.536. The molecule has 0 fully saturated rings. The Morgan fingerprint density at radius 1 is 0.962 bits per heavy atom. The van der Waals surface area contributed by atoms with Crippen LogP contribution in [0, 0.1) is 0 Å². The topological polar surface area (TPSA) is 90.9 Å². The number of anilines is 1. The zero-order chi connectivity index (χ0) is 18.9. The van der Waals surface area contributed by atoms with E-state index in [1.165, 1.54) is 26.4 Å². The number of methoxy groups -OCH3 is 2. The number of benzene rings is 2. The molecule has 0 bridgehead atoms. The summed E-state index contributed by atoms with van der Waals surface area (Å²) >= 11 is 0. The first-order valence-electron chi connectivity index (χ1n) is 7.79. The highest BCUT2D eigenvalue weighted by Crippen LogP contribution is 2.18. The Hall–Kier alpha value is -3.35. The fourth-order valence-electron chi connectivity index (χ4n) is 2.21. The predicted molar refractivity (Wildman–Crippen MR) is 94.1 cm³/mol. The molecule has 0 heterocycles. The summed E-state index contributed by atoms with van der Waals surface area (Å²) in [6.07, 6.45) is 0.00508. The van der Waals surface area contributed by atoms with E-state index in [1.54, 1.807) is 36.4 Å². The van der Waals surface area contributed by atoms with E-state index in [0.717, 1.165) is 0 Å². The molecular weight excluding hydrogens is 338 g/mol. The monoisotopic (exact) mass is 357 g/mol. The molecule has 0 saturated carbocycles. The molecule has 7 heteroatoms. The smallest absolute Gasteiger partial charge is 0.337 e. The fraction of sp³-hybridized carbons (Fsp3) is 0.211. The molecule has 0 unspecified atom stereocenters. The van der Waals surface area contributed by atoms with Gasteiger partial charge in [0, 0.05) is 11.3 Å². The summed E-state index contributed by atoms with van der Waals surface area (Å²) in [5, 5.41) is 2.57. The number of nitrogens with one attached hydrogen (secondary N) is 1. The number of hydrogen-bond donors (Lipinski definition) is 1. The Morgan fingerprint density at radius 2 is 1.65 bits per heavy atom. The lowest BCUT2D eigenvalue weighted by molar-refractivity contribution is -0.146. The maximum absolute atomic E-state index is 11.9. The molecule has 1 amide bonds. The van der Waals surface area contributed by atoms with Crippen LogP contribution in [0.2, 0.25) is 0 Å². The van der Waals surface area contributed by atoms with Gasteiger partial charge in [0.15, 0.2) is 6.61 Å². The van der Waals surface area contributed by atoms with Gasteiger partial charge in [-0.15, -0.1) is 0 Å². The van der Waals surface area contributed by atoms with Crippen LogP contribution in [0.1, 0.15) is 15.9 Å². The van der Waals surface area contributed by atoms with E-state index < -0.39 is 24.5 Å². The summed E-state index contributed by atoms with van der Waals surface area (Å²) in [5.74, 6) is -0.900. The van der Waals surface area contributed by atoms with Crippen LogP contribution in [0.3, 0.4) is 0 Å². The molecule has 0 spiro atoms. The van der Waals surface area contributed by atoms with E-state index >= 15 is 0 Å². The first-order chi connectivity index (χ1) is 12.5.